The predicted molar refractivity (Wildman–Crippen MR) is 89.2 cm³/mol. The summed E-state index contributed by atoms with van der Waals surface area (Å²) >= 11 is 0. The Morgan fingerprint density at radius 3 is 2.67 bits per heavy atom. The Balaban J connectivity index is 1.66. The second-order valence-corrected chi connectivity index (χ2v) is 5.79. The maximum Gasteiger partial charge on any atom is 0.248 e. The van der Waals surface area contributed by atoms with Gasteiger partial charge in [-0.1, -0.05) is 49.4 Å². The first-order valence-corrected chi connectivity index (χ1v) is 7.69. The summed E-state index contributed by atoms with van der Waals surface area (Å²) in [4.78, 5) is 16.5. The highest BCUT2D eigenvalue weighted by Crippen LogP contribution is 2.15. The number of aryl methyl sites for hydroxylation is 1. The minimum absolute atomic E-state index is 0.0592. The molecule has 0 atom stereocenters. The molecule has 0 saturated carbocycles. The maximum atomic E-state index is 12.2. The molecule has 0 fully saturated rings. The van der Waals surface area contributed by atoms with Crippen LogP contribution in [-0.2, 0) is 18.4 Å². The SMILES string of the molecule is CC(C)c1nc(NC(=O)Cn2cc(-c3ccccc3)nn2)n(C)n1. The average molecular weight is 325 g/mol. The van der Waals surface area contributed by atoms with Crippen molar-refractivity contribution in [1.82, 2.24) is 29.8 Å². The normalized spacial score (nSPS) is 11.0. The molecule has 3 rings (SSSR count). The zero-order valence-electron chi connectivity index (χ0n) is 13.8. The molecule has 0 radical (unpaired) electrons. The first-order chi connectivity index (χ1) is 11.5. The number of benzene rings is 1. The summed E-state index contributed by atoms with van der Waals surface area (Å²) in [7, 11) is 1.75. The lowest BCUT2D eigenvalue weighted by molar-refractivity contribution is -0.117. The Bertz CT molecular complexity index is 835. The number of rotatable bonds is 5. The second kappa shape index (κ2) is 6.61. The fourth-order valence-corrected chi connectivity index (χ4v) is 2.19. The van der Waals surface area contributed by atoms with Crippen LogP contribution in [0, 0.1) is 0 Å². The van der Waals surface area contributed by atoms with Gasteiger partial charge in [0.25, 0.3) is 0 Å². The molecule has 0 aliphatic carbocycles. The third-order valence-electron chi connectivity index (χ3n) is 3.46. The van der Waals surface area contributed by atoms with E-state index in [4.69, 9.17) is 0 Å². The van der Waals surface area contributed by atoms with Crippen LogP contribution in [-0.4, -0.2) is 35.7 Å². The van der Waals surface area contributed by atoms with E-state index in [-0.39, 0.29) is 18.4 Å². The largest absolute Gasteiger partial charge is 0.293 e. The summed E-state index contributed by atoms with van der Waals surface area (Å²) in [5.74, 6) is 1.09. The highest BCUT2D eigenvalue weighted by Gasteiger charge is 2.14. The van der Waals surface area contributed by atoms with Gasteiger partial charge >= 0.3 is 0 Å². The summed E-state index contributed by atoms with van der Waals surface area (Å²) in [6.07, 6.45) is 1.74. The number of nitrogens with zero attached hydrogens (tertiary/aromatic N) is 6. The number of nitrogens with one attached hydrogen (secondary N) is 1. The van der Waals surface area contributed by atoms with E-state index < -0.39 is 0 Å². The van der Waals surface area contributed by atoms with Crippen molar-refractivity contribution in [3.8, 4) is 11.3 Å². The lowest BCUT2D eigenvalue weighted by atomic mass is 10.2. The van der Waals surface area contributed by atoms with Crippen molar-refractivity contribution in [1.29, 1.82) is 0 Å². The van der Waals surface area contributed by atoms with Crippen LogP contribution in [0.2, 0.25) is 0 Å². The molecule has 2 heterocycles. The van der Waals surface area contributed by atoms with Gasteiger partial charge in [-0.3, -0.25) is 10.1 Å². The molecule has 1 amide bonds. The quantitative estimate of drug-likeness (QED) is 0.773. The van der Waals surface area contributed by atoms with E-state index in [1.807, 2.05) is 44.2 Å². The van der Waals surface area contributed by atoms with E-state index in [0.717, 1.165) is 11.3 Å². The minimum atomic E-state index is -0.231. The smallest absolute Gasteiger partial charge is 0.248 e. The fourth-order valence-electron chi connectivity index (χ4n) is 2.19. The van der Waals surface area contributed by atoms with Gasteiger partial charge in [0.2, 0.25) is 11.9 Å². The van der Waals surface area contributed by atoms with E-state index in [0.29, 0.717) is 11.8 Å². The van der Waals surface area contributed by atoms with Crippen LogP contribution in [0.3, 0.4) is 0 Å². The molecule has 24 heavy (non-hydrogen) atoms. The van der Waals surface area contributed by atoms with E-state index in [1.54, 1.807) is 17.9 Å². The molecule has 0 saturated heterocycles. The van der Waals surface area contributed by atoms with Crippen molar-refractivity contribution >= 4 is 11.9 Å². The molecule has 0 aliphatic rings. The van der Waals surface area contributed by atoms with Gasteiger partial charge in [-0.25, -0.2) is 9.36 Å². The van der Waals surface area contributed by atoms with Gasteiger partial charge in [-0.2, -0.15) is 10.1 Å². The topological polar surface area (TPSA) is 90.5 Å². The molecule has 0 unspecified atom stereocenters. The molecule has 1 N–H and O–H groups in total. The van der Waals surface area contributed by atoms with Crippen molar-refractivity contribution < 1.29 is 4.79 Å². The number of amides is 1. The minimum Gasteiger partial charge on any atom is -0.293 e. The lowest BCUT2D eigenvalue weighted by Crippen LogP contribution is -2.21. The van der Waals surface area contributed by atoms with Crippen molar-refractivity contribution in [2.75, 3.05) is 5.32 Å². The molecule has 8 nitrogen and oxygen atoms in total. The van der Waals surface area contributed by atoms with Crippen molar-refractivity contribution in [2.24, 2.45) is 7.05 Å². The van der Waals surface area contributed by atoms with Crippen LogP contribution in [0.5, 0.6) is 0 Å². The van der Waals surface area contributed by atoms with E-state index in [9.17, 15) is 4.79 Å². The number of carbonyl (C=O) groups excluding carboxylic acids is 1. The van der Waals surface area contributed by atoms with Gasteiger partial charge in [0, 0.05) is 18.5 Å². The Morgan fingerprint density at radius 1 is 1.25 bits per heavy atom. The van der Waals surface area contributed by atoms with Crippen molar-refractivity contribution in [3.63, 3.8) is 0 Å². The van der Waals surface area contributed by atoms with Gasteiger partial charge in [-0.05, 0) is 0 Å². The first kappa shape index (κ1) is 15.9. The first-order valence-electron chi connectivity index (χ1n) is 7.69. The van der Waals surface area contributed by atoms with Gasteiger partial charge in [-0.15, -0.1) is 5.10 Å². The number of hydrogen-bond donors (Lipinski definition) is 1. The number of aromatic nitrogens is 6. The van der Waals surface area contributed by atoms with E-state index in [2.05, 4.69) is 25.7 Å². The fraction of sp³-hybridized carbons (Fsp3) is 0.312. The zero-order valence-corrected chi connectivity index (χ0v) is 13.8. The highest BCUT2D eigenvalue weighted by molar-refractivity contribution is 5.88. The summed E-state index contributed by atoms with van der Waals surface area (Å²) < 4.78 is 3.06. The van der Waals surface area contributed by atoms with Crippen LogP contribution in [0.1, 0.15) is 25.6 Å². The van der Waals surface area contributed by atoms with Crippen molar-refractivity contribution in [2.45, 2.75) is 26.3 Å². The van der Waals surface area contributed by atoms with Gasteiger partial charge < -0.3 is 0 Å². The lowest BCUT2D eigenvalue weighted by Gasteiger charge is -2.03. The van der Waals surface area contributed by atoms with Crippen LogP contribution in [0.4, 0.5) is 5.95 Å². The summed E-state index contributed by atoms with van der Waals surface area (Å²) in [5.41, 5.74) is 1.68. The Kier molecular flexibility index (Phi) is 4.37. The number of hydrogen-bond acceptors (Lipinski definition) is 5. The molecule has 2 aromatic heterocycles. The molecular formula is C16H19N7O. The maximum absolute atomic E-state index is 12.2. The highest BCUT2D eigenvalue weighted by atomic mass is 16.2. The monoisotopic (exact) mass is 325 g/mol. The third-order valence-corrected chi connectivity index (χ3v) is 3.46. The van der Waals surface area contributed by atoms with Gasteiger partial charge in [0.15, 0.2) is 5.82 Å². The van der Waals surface area contributed by atoms with Gasteiger partial charge in [0.1, 0.15) is 12.2 Å². The number of anilines is 1. The van der Waals surface area contributed by atoms with Crippen molar-refractivity contribution in [3.05, 3.63) is 42.4 Å². The Morgan fingerprint density at radius 2 is 2.00 bits per heavy atom. The van der Waals surface area contributed by atoms with E-state index >= 15 is 0 Å². The van der Waals surface area contributed by atoms with Crippen LogP contribution in [0.25, 0.3) is 11.3 Å². The van der Waals surface area contributed by atoms with Gasteiger partial charge in [0.05, 0.1) is 6.20 Å². The standard InChI is InChI=1S/C16H19N7O/c1-11(2)15-18-16(22(3)20-15)17-14(24)10-23-9-13(19-21-23)12-7-5-4-6-8-12/h4-9,11H,10H2,1-3H3,(H,17,18,20,24). The Hall–Kier alpha value is -3.03. The van der Waals surface area contributed by atoms with Crippen LogP contribution >= 0.6 is 0 Å². The molecule has 8 heteroatoms. The third kappa shape index (κ3) is 3.48. The molecule has 0 bridgehead atoms. The van der Waals surface area contributed by atoms with Crippen LogP contribution in [0.15, 0.2) is 36.5 Å². The Labute approximate surface area is 139 Å². The molecule has 3 aromatic rings. The molecule has 0 aliphatic heterocycles. The summed E-state index contributed by atoms with van der Waals surface area (Å²) in [6, 6.07) is 9.69. The molecule has 1 aromatic carbocycles. The molecular weight excluding hydrogens is 306 g/mol. The van der Waals surface area contributed by atoms with E-state index in [1.165, 1.54) is 4.68 Å². The molecule has 0 spiro atoms. The zero-order chi connectivity index (χ0) is 17.1. The summed E-state index contributed by atoms with van der Waals surface area (Å²) in [6.45, 7) is 4.06. The predicted octanol–water partition coefficient (Wildman–Crippen LogP) is 1.84. The average Bonchev–Trinajstić information content (AvgIpc) is 3.16. The second-order valence-electron chi connectivity index (χ2n) is 5.79. The number of carbonyl (C=O) groups is 1. The molecule has 124 valence electrons. The van der Waals surface area contributed by atoms with Crippen LogP contribution < -0.4 is 5.32 Å². The summed E-state index contributed by atoms with van der Waals surface area (Å²) in [5, 5.41) is 15.1.